The van der Waals surface area contributed by atoms with Gasteiger partial charge in [-0.25, -0.2) is 0 Å². The van der Waals surface area contributed by atoms with Crippen LogP contribution in [-0.4, -0.2) is 37.0 Å². The number of hydrogen-bond acceptors (Lipinski definition) is 4. The summed E-state index contributed by atoms with van der Waals surface area (Å²) in [5.74, 6) is 1.49. The molecule has 3 rings (SSSR count). The van der Waals surface area contributed by atoms with E-state index in [1.807, 2.05) is 42.5 Å². The number of para-hydroxylation sites is 1. The second-order valence-corrected chi connectivity index (χ2v) is 6.39. The summed E-state index contributed by atoms with van der Waals surface area (Å²) in [7, 11) is 0. The fourth-order valence-electron chi connectivity index (χ4n) is 3.22. The van der Waals surface area contributed by atoms with Crippen molar-refractivity contribution in [2.45, 2.75) is 31.7 Å². The van der Waals surface area contributed by atoms with Gasteiger partial charge in [0.05, 0.1) is 12.3 Å². The number of carbonyl (C=O) groups is 1. The van der Waals surface area contributed by atoms with Crippen molar-refractivity contribution < 1.29 is 13.9 Å². The molecule has 1 aromatic heterocycles. The first kappa shape index (κ1) is 17.5. The average Bonchev–Trinajstić information content (AvgIpc) is 3.04. The number of carbonyl (C=O) groups excluding carboxylic acids is 1. The number of furan rings is 1. The summed E-state index contributed by atoms with van der Waals surface area (Å²) in [6.45, 7) is 2.64. The van der Waals surface area contributed by atoms with Crippen LogP contribution in [0.25, 0.3) is 0 Å². The maximum atomic E-state index is 12.2. The van der Waals surface area contributed by atoms with Gasteiger partial charge in [0, 0.05) is 6.54 Å². The van der Waals surface area contributed by atoms with Crippen molar-refractivity contribution in [1.82, 2.24) is 10.2 Å². The third kappa shape index (κ3) is 5.36. The first-order chi connectivity index (χ1) is 12.3. The van der Waals surface area contributed by atoms with Gasteiger partial charge in [0.15, 0.2) is 6.61 Å². The van der Waals surface area contributed by atoms with E-state index in [2.05, 4.69) is 10.2 Å². The quantitative estimate of drug-likeness (QED) is 0.838. The van der Waals surface area contributed by atoms with Crippen molar-refractivity contribution in [3.63, 3.8) is 0 Å². The molecule has 25 heavy (non-hydrogen) atoms. The van der Waals surface area contributed by atoms with Crippen molar-refractivity contribution >= 4 is 5.91 Å². The molecule has 1 aliphatic rings. The molecular formula is C20H26N2O3. The van der Waals surface area contributed by atoms with E-state index in [4.69, 9.17) is 9.15 Å². The zero-order chi connectivity index (χ0) is 17.3. The Kier molecular flexibility index (Phi) is 6.51. The predicted octanol–water partition coefficient (Wildman–Crippen LogP) is 3.39. The summed E-state index contributed by atoms with van der Waals surface area (Å²) in [6, 6.07) is 13.4. The molecule has 1 unspecified atom stereocenters. The number of benzene rings is 1. The largest absolute Gasteiger partial charge is 0.484 e. The van der Waals surface area contributed by atoms with Crippen LogP contribution in [0.15, 0.2) is 53.1 Å². The summed E-state index contributed by atoms with van der Waals surface area (Å²) in [6.07, 6.45) is 6.64. The zero-order valence-corrected chi connectivity index (χ0v) is 14.5. The highest BCUT2D eigenvalue weighted by Crippen LogP contribution is 2.24. The lowest BCUT2D eigenvalue weighted by molar-refractivity contribution is -0.123. The number of nitrogens with one attached hydrogen (secondary N) is 1. The van der Waals surface area contributed by atoms with Gasteiger partial charge in [-0.2, -0.15) is 0 Å². The minimum Gasteiger partial charge on any atom is -0.484 e. The number of nitrogens with zero attached hydrogens (tertiary/aromatic N) is 1. The SMILES string of the molecule is O=C(COc1ccccc1)NCC(c1ccco1)N1CCCCCC1. The van der Waals surface area contributed by atoms with Crippen LogP contribution in [0.2, 0.25) is 0 Å². The summed E-state index contributed by atoms with van der Waals surface area (Å²) < 4.78 is 11.1. The van der Waals surface area contributed by atoms with Gasteiger partial charge >= 0.3 is 0 Å². The maximum absolute atomic E-state index is 12.2. The number of rotatable bonds is 7. The van der Waals surface area contributed by atoms with Crippen LogP contribution in [0, 0.1) is 0 Å². The third-order valence-electron chi connectivity index (χ3n) is 4.56. The highest BCUT2D eigenvalue weighted by atomic mass is 16.5. The standard InChI is InChI=1S/C20H26N2O3/c23-20(16-25-17-9-4-3-5-10-17)21-15-18(19-11-8-14-24-19)22-12-6-1-2-7-13-22/h3-5,8-11,14,18H,1-2,6-7,12-13,15-16H2,(H,21,23). The second kappa shape index (κ2) is 9.28. The lowest BCUT2D eigenvalue weighted by Gasteiger charge is -2.29. The summed E-state index contributed by atoms with van der Waals surface area (Å²) in [5, 5.41) is 2.99. The van der Waals surface area contributed by atoms with Crippen LogP contribution in [0.3, 0.4) is 0 Å². The van der Waals surface area contributed by atoms with Crippen LogP contribution in [0.4, 0.5) is 0 Å². The fraction of sp³-hybridized carbons (Fsp3) is 0.450. The number of likely N-dealkylation sites (tertiary alicyclic amines) is 1. The highest BCUT2D eigenvalue weighted by Gasteiger charge is 2.24. The minimum absolute atomic E-state index is 0.0227. The summed E-state index contributed by atoms with van der Waals surface area (Å²) in [5.41, 5.74) is 0. The van der Waals surface area contributed by atoms with Gasteiger partial charge < -0.3 is 14.5 Å². The fourth-order valence-corrected chi connectivity index (χ4v) is 3.22. The smallest absolute Gasteiger partial charge is 0.258 e. The predicted molar refractivity (Wildman–Crippen MR) is 96.4 cm³/mol. The van der Waals surface area contributed by atoms with Crippen molar-refractivity contribution in [1.29, 1.82) is 0 Å². The Morgan fingerprint density at radius 3 is 2.52 bits per heavy atom. The Hall–Kier alpha value is -2.27. The van der Waals surface area contributed by atoms with Crippen LogP contribution in [-0.2, 0) is 4.79 Å². The van der Waals surface area contributed by atoms with E-state index < -0.39 is 0 Å². The molecule has 1 saturated heterocycles. The van der Waals surface area contributed by atoms with E-state index in [0.29, 0.717) is 12.3 Å². The summed E-state index contributed by atoms with van der Waals surface area (Å²) >= 11 is 0. The topological polar surface area (TPSA) is 54.7 Å². The molecule has 0 saturated carbocycles. The Labute approximate surface area is 149 Å². The molecule has 1 atom stereocenters. The van der Waals surface area contributed by atoms with Gasteiger partial charge in [0.25, 0.3) is 5.91 Å². The highest BCUT2D eigenvalue weighted by molar-refractivity contribution is 5.77. The Balaban J connectivity index is 1.54. The van der Waals surface area contributed by atoms with E-state index in [1.54, 1.807) is 6.26 Å². The molecule has 2 aromatic rings. The lowest BCUT2D eigenvalue weighted by atomic mass is 10.1. The molecule has 134 valence electrons. The van der Waals surface area contributed by atoms with Gasteiger partial charge in [0.2, 0.25) is 0 Å². The second-order valence-electron chi connectivity index (χ2n) is 6.39. The zero-order valence-electron chi connectivity index (χ0n) is 14.5. The van der Waals surface area contributed by atoms with Crippen molar-refractivity contribution in [2.75, 3.05) is 26.2 Å². The molecule has 1 amide bonds. The van der Waals surface area contributed by atoms with E-state index >= 15 is 0 Å². The van der Waals surface area contributed by atoms with Gasteiger partial charge in [-0.3, -0.25) is 9.69 Å². The minimum atomic E-state index is -0.116. The molecule has 0 radical (unpaired) electrons. The average molecular weight is 342 g/mol. The summed E-state index contributed by atoms with van der Waals surface area (Å²) in [4.78, 5) is 14.6. The van der Waals surface area contributed by atoms with Crippen molar-refractivity contribution in [3.8, 4) is 5.75 Å². The van der Waals surface area contributed by atoms with E-state index in [9.17, 15) is 4.79 Å². The first-order valence-electron chi connectivity index (χ1n) is 9.05. The number of hydrogen-bond donors (Lipinski definition) is 1. The Morgan fingerprint density at radius 2 is 1.84 bits per heavy atom. The van der Waals surface area contributed by atoms with Gasteiger partial charge in [0.1, 0.15) is 11.5 Å². The number of ether oxygens (including phenoxy) is 1. The van der Waals surface area contributed by atoms with Crippen LogP contribution in [0.1, 0.15) is 37.5 Å². The maximum Gasteiger partial charge on any atom is 0.258 e. The normalized spacial score (nSPS) is 16.8. The Morgan fingerprint density at radius 1 is 1.08 bits per heavy atom. The van der Waals surface area contributed by atoms with E-state index in [1.165, 1.54) is 25.7 Å². The van der Waals surface area contributed by atoms with Crippen molar-refractivity contribution in [2.24, 2.45) is 0 Å². The molecule has 0 bridgehead atoms. The molecule has 1 N–H and O–H groups in total. The monoisotopic (exact) mass is 342 g/mol. The molecule has 1 fully saturated rings. The van der Waals surface area contributed by atoms with E-state index in [-0.39, 0.29) is 18.6 Å². The van der Waals surface area contributed by atoms with Gasteiger partial charge in [-0.15, -0.1) is 0 Å². The molecular weight excluding hydrogens is 316 g/mol. The lowest BCUT2D eigenvalue weighted by Crippen LogP contribution is -2.40. The van der Waals surface area contributed by atoms with Crippen LogP contribution in [0.5, 0.6) is 5.75 Å². The van der Waals surface area contributed by atoms with E-state index in [0.717, 1.165) is 18.8 Å². The molecule has 5 heteroatoms. The molecule has 5 nitrogen and oxygen atoms in total. The molecule has 2 heterocycles. The van der Waals surface area contributed by atoms with Gasteiger partial charge in [-0.05, 0) is 50.2 Å². The molecule has 0 spiro atoms. The molecule has 1 aromatic carbocycles. The van der Waals surface area contributed by atoms with Crippen molar-refractivity contribution in [3.05, 3.63) is 54.5 Å². The van der Waals surface area contributed by atoms with Gasteiger partial charge in [-0.1, -0.05) is 31.0 Å². The number of amides is 1. The third-order valence-corrected chi connectivity index (χ3v) is 4.56. The Bertz CT molecular complexity index is 620. The van der Waals surface area contributed by atoms with Crippen LogP contribution < -0.4 is 10.1 Å². The molecule has 1 aliphatic heterocycles. The van der Waals surface area contributed by atoms with Crippen LogP contribution >= 0.6 is 0 Å². The molecule has 0 aliphatic carbocycles. The first-order valence-corrected chi connectivity index (χ1v) is 9.05.